The molecule has 5 rings (SSSR count). The van der Waals surface area contributed by atoms with Crippen molar-refractivity contribution in [3.63, 3.8) is 0 Å². The quantitative estimate of drug-likeness (QED) is 0.380. The maximum atomic E-state index is 13.2. The zero-order valence-electron chi connectivity index (χ0n) is 17.9. The zero-order chi connectivity index (χ0) is 22.4. The molecular formula is C24H24BrCl2NO5. The first-order chi connectivity index (χ1) is 15.4. The fraction of sp³-hybridized carbons (Fsp3) is 0.417. The molecular weight excluding hydrogens is 533 g/mol. The standard InChI is InChI=1S/C24H23Cl2NO5.BrH/c1-27-19-10-15(11-20(27)22-21(19)32-22)31-24(29)17(13-5-3-2-4-6-13)12-30-23(28)16-8-7-14(25)9-18(16)26;/h2-9,15,17,19-22H,10-12H2,1H3;1H/t15-,17-,19-,20+,21-,22+;/m1./s1. The highest BCUT2D eigenvalue weighted by Crippen LogP contribution is 2.48. The van der Waals surface area contributed by atoms with E-state index >= 15 is 0 Å². The van der Waals surface area contributed by atoms with Gasteiger partial charge in [0.25, 0.3) is 0 Å². The Morgan fingerprint density at radius 3 is 2.39 bits per heavy atom. The Labute approximate surface area is 212 Å². The molecule has 6 atom stereocenters. The molecule has 9 heteroatoms. The number of carbonyl (C=O) groups is 2. The van der Waals surface area contributed by atoms with Crippen LogP contribution in [0.4, 0.5) is 0 Å². The topological polar surface area (TPSA) is 68.4 Å². The molecule has 0 saturated carbocycles. The van der Waals surface area contributed by atoms with Gasteiger partial charge in [0.2, 0.25) is 0 Å². The predicted molar refractivity (Wildman–Crippen MR) is 129 cm³/mol. The third-order valence-corrected chi connectivity index (χ3v) is 7.22. The first-order valence-electron chi connectivity index (χ1n) is 10.7. The van der Waals surface area contributed by atoms with E-state index in [1.807, 2.05) is 30.3 Å². The number of esters is 2. The van der Waals surface area contributed by atoms with E-state index in [4.69, 9.17) is 37.4 Å². The summed E-state index contributed by atoms with van der Waals surface area (Å²) in [5.74, 6) is -1.74. The summed E-state index contributed by atoms with van der Waals surface area (Å²) < 4.78 is 17.1. The Morgan fingerprint density at radius 2 is 1.76 bits per heavy atom. The number of ether oxygens (including phenoxy) is 3. The minimum Gasteiger partial charge on any atom is -0.462 e. The first-order valence-corrected chi connectivity index (χ1v) is 11.4. The van der Waals surface area contributed by atoms with Crippen molar-refractivity contribution in [3.8, 4) is 0 Å². The van der Waals surface area contributed by atoms with Crippen LogP contribution in [0, 0.1) is 0 Å². The van der Waals surface area contributed by atoms with Crippen LogP contribution in [-0.2, 0) is 19.0 Å². The van der Waals surface area contributed by atoms with Crippen molar-refractivity contribution in [2.45, 2.75) is 49.2 Å². The van der Waals surface area contributed by atoms with Crippen molar-refractivity contribution >= 4 is 52.1 Å². The van der Waals surface area contributed by atoms with E-state index in [0.717, 1.165) is 18.4 Å². The van der Waals surface area contributed by atoms with Crippen LogP contribution in [0.3, 0.4) is 0 Å². The van der Waals surface area contributed by atoms with Gasteiger partial charge in [0, 0.05) is 29.9 Å². The molecule has 0 spiro atoms. The summed E-state index contributed by atoms with van der Waals surface area (Å²) >= 11 is 12.0. The second-order valence-corrected chi connectivity index (χ2v) is 9.43. The van der Waals surface area contributed by atoms with Crippen molar-refractivity contribution < 1.29 is 23.8 Å². The summed E-state index contributed by atoms with van der Waals surface area (Å²) in [5.41, 5.74) is 0.928. The number of rotatable bonds is 6. The number of nitrogens with zero attached hydrogens (tertiary/aromatic N) is 1. The van der Waals surface area contributed by atoms with Gasteiger partial charge in [-0.1, -0.05) is 53.5 Å². The van der Waals surface area contributed by atoms with Gasteiger partial charge in [-0.15, -0.1) is 17.0 Å². The molecule has 3 saturated heterocycles. The Hall–Kier alpha value is -1.64. The number of fused-ring (bicyclic) bond motifs is 5. The van der Waals surface area contributed by atoms with Crippen LogP contribution in [0.5, 0.6) is 0 Å². The lowest BCUT2D eigenvalue weighted by Crippen LogP contribution is -2.48. The molecule has 33 heavy (non-hydrogen) atoms. The SMILES string of the molecule is Br.CN1[C@@H]2C[C@@H](OC(=O)[C@H](COC(=O)c3ccc(Cl)cc3Cl)c3ccccc3)C[C@H]1[C@@H]1O[C@@H]12. The van der Waals surface area contributed by atoms with Gasteiger partial charge in [-0.05, 0) is 30.8 Å². The van der Waals surface area contributed by atoms with Crippen molar-refractivity contribution in [3.05, 3.63) is 69.7 Å². The molecule has 0 amide bonds. The Morgan fingerprint density at radius 1 is 1.09 bits per heavy atom. The highest BCUT2D eigenvalue weighted by Gasteiger charge is 2.62. The molecule has 0 aliphatic carbocycles. The van der Waals surface area contributed by atoms with Gasteiger partial charge in [0.1, 0.15) is 30.8 Å². The fourth-order valence-electron chi connectivity index (χ4n) is 4.92. The van der Waals surface area contributed by atoms with E-state index < -0.39 is 17.9 Å². The van der Waals surface area contributed by atoms with E-state index in [9.17, 15) is 9.59 Å². The number of piperidine rings is 1. The van der Waals surface area contributed by atoms with Gasteiger partial charge in [-0.25, -0.2) is 4.79 Å². The van der Waals surface area contributed by atoms with Gasteiger partial charge in [0.05, 0.1) is 10.6 Å². The van der Waals surface area contributed by atoms with E-state index in [2.05, 4.69) is 11.9 Å². The normalized spacial score (nSPS) is 28.3. The number of hydrogen-bond donors (Lipinski definition) is 0. The number of likely N-dealkylation sites (N-methyl/N-ethyl adjacent to an activating group) is 1. The molecule has 176 valence electrons. The number of benzene rings is 2. The van der Waals surface area contributed by atoms with Crippen LogP contribution in [0.15, 0.2) is 48.5 Å². The van der Waals surface area contributed by atoms with Crippen molar-refractivity contribution in [1.82, 2.24) is 4.90 Å². The molecule has 2 aromatic carbocycles. The summed E-state index contributed by atoms with van der Waals surface area (Å²) in [7, 11) is 2.11. The Balaban J connectivity index is 0.00000259. The van der Waals surface area contributed by atoms with Crippen LogP contribution in [0.1, 0.15) is 34.7 Å². The van der Waals surface area contributed by atoms with Crippen LogP contribution in [-0.4, -0.2) is 60.9 Å². The molecule has 3 aliphatic rings. The van der Waals surface area contributed by atoms with Crippen molar-refractivity contribution in [2.24, 2.45) is 0 Å². The average molecular weight is 557 g/mol. The monoisotopic (exact) mass is 555 g/mol. The van der Waals surface area contributed by atoms with Crippen LogP contribution in [0.2, 0.25) is 10.0 Å². The van der Waals surface area contributed by atoms with Gasteiger partial charge < -0.3 is 14.2 Å². The maximum absolute atomic E-state index is 13.2. The molecule has 0 aromatic heterocycles. The van der Waals surface area contributed by atoms with E-state index in [1.54, 1.807) is 6.07 Å². The number of morpholine rings is 1. The summed E-state index contributed by atoms with van der Waals surface area (Å²) in [6.45, 7) is -0.144. The first kappa shape index (κ1) is 24.5. The lowest BCUT2D eigenvalue weighted by molar-refractivity contribution is -0.156. The highest BCUT2D eigenvalue weighted by atomic mass is 79.9. The number of epoxide rings is 1. The number of carbonyl (C=O) groups excluding carboxylic acids is 2. The summed E-state index contributed by atoms with van der Waals surface area (Å²) in [4.78, 5) is 28.1. The van der Waals surface area contributed by atoms with Gasteiger partial charge in [0.15, 0.2) is 0 Å². The molecule has 0 N–H and O–H groups in total. The van der Waals surface area contributed by atoms with Crippen LogP contribution in [0.25, 0.3) is 0 Å². The van der Waals surface area contributed by atoms with Crippen molar-refractivity contribution in [2.75, 3.05) is 13.7 Å². The maximum Gasteiger partial charge on any atom is 0.339 e. The Bertz CT molecular complexity index is 1020. The molecule has 2 bridgehead atoms. The largest absolute Gasteiger partial charge is 0.462 e. The third kappa shape index (κ3) is 4.93. The summed E-state index contributed by atoms with van der Waals surface area (Å²) in [6.07, 6.45) is 1.87. The minimum atomic E-state index is -0.727. The second-order valence-electron chi connectivity index (χ2n) is 8.58. The van der Waals surface area contributed by atoms with Gasteiger partial charge >= 0.3 is 11.9 Å². The molecule has 3 aliphatic heterocycles. The molecule has 0 radical (unpaired) electrons. The summed E-state index contributed by atoms with van der Waals surface area (Å²) in [6, 6.07) is 14.3. The van der Waals surface area contributed by atoms with E-state index in [0.29, 0.717) is 5.02 Å². The van der Waals surface area contributed by atoms with Crippen LogP contribution >= 0.6 is 40.2 Å². The average Bonchev–Trinajstić information content (AvgIpc) is 3.53. The summed E-state index contributed by atoms with van der Waals surface area (Å²) in [5, 5.41) is 0.622. The smallest absolute Gasteiger partial charge is 0.339 e. The predicted octanol–water partition coefficient (Wildman–Crippen LogP) is 4.67. The lowest BCUT2D eigenvalue weighted by atomic mass is 9.97. The van der Waals surface area contributed by atoms with Gasteiger partial charge in [-0.2, -0.15) is 0 Å². The second kappa shape index (κ2) is 9.92. The van der Waals surface area contributed by atoms with E-state index in [-0.39, 0.29) is 64.6 Å². The minimum absolute atomic E-state index is 0. The zero-order valence-corrected chi connectivity index (χ0v) is 21.1. The molecule has 3 fully saturated rings. The number of halogens is 3. The molecule has 0 unspecified atom stereocenters. The third-order valence-electron chi connectivity index (χ3n) is 6.68. The van der Waals surface area contributed by atoms with E-state index in [1.165, 1.54) is 12.1 Å². The van der Waals surface area contributed by atoms with Gasteiger partial charge in [-0.3, -0.25) is 9.69 Å². The molecule has 3 heterocycles. The van der Waals surface area contributed by atoms with Crippen molar-refractivity contribution in [1.29, 1.82) is 0 Å². The lowest BCUT2D eigenvalue weighted by Gasteiger charge is -2.38. The Kier molecular flexibility index (Phi) is 7.36. The molecule has 6 nitrogen and oxygen atoms in total. The van der Waals surface area contributed by atoms with Crippen LogP contribution < -0.4 is 0 Å². The number of hydrogen-bond acceptors (Lipinski definition) is 6. The highest BCUT2D eigenvalue weighted by molar-refractivity contribution is 8.93. The molecule has 2 aromatic rings. The fourth-order valence-corrected chi connectivity index (χ4v) is 5.41.